The highest BCUT2D eigenvalue weighted by molar-refractivity contribution is 7.13. The zero-order valence-corrected chi connectivity index (χ0v) is 15.2. The molecule has 0 bridgehead atoms. The zero-order chi connectivity index (χ0) is 17.6. The van der Waals surface area contributed by atoms with Gasteiger partial charge < -0.3 is 9.47 Å². The number of hydrogen-bond acceptors (Lipinski definition) is 8. The van der Waals surface area contributed by atoms with Crippen molar-refractivity contribution in [1.82, 2.24) is 4.98 Å². The molecule has 0 aliphatic rings. The van der Waals surface area contributed by atoms with Gasteiger partial charge in [0.15, 0.2) is 11.5 Å². The Morgan fingerprint density at radius 2 is 2.16 bits per heavy atom. The van der Waals surface area contributed by atoms with E-state index in [1.165, 1.54) is 29.8 Å². The van der Waals surface area contributed by atoms with Crippen LogP contribution in [0.4, 0.5) is 5.13 Å². The van der Waals surface area contributed by atoms with Crippen molar-refractivity contribution in [3.63, 3.8) is 0 Å². The monoisotopic (exact) mass is 373 g/mol. The van der Waals surface area contributed by atoms with Gasteiger partial charge in [0.05, 0.1) is 19.0 Å². The van der Waals surface area contributed by atoms with E-state index in [0.717, 1.165) is 16.4 Å². The fourth-order valence-electron chi connectivity index (χ4n) is 1.96. The maximum Gasteiger partial charge on any atom is 0.353 e. The summed E-state index contributed by atoms with van der Waals surface area (Å²) < 4.78 is 10.7. The van der Waals surface area contributed by atoms with Gasteiger partial charge in [-0.1, -0.05) is 6.07 Å². The first-order valence-corrected chi connectivity index (χ1v) is 9.06. The molecule has 0 aliphatic heterocycles. The molecule has 8 heteroatoms. The van der Waals surface area contributed by atoms with Crippen molar-refractivity contribution in [3.8, 4) is 11.5 Å². The third kappa shape index (κ3) is 4.43. The Kier molecular flexibility index (Phi) is 5.42. The smallest absolute Gasteiger partial charge is 0.353 e. The highest BCUT2D eigenvalue weighted by atomic mass is 32.1. The number of carbonyl (C=O) groups excluding carboxylic acids is 1. The van der Waals surface area contributed by atoms with Crippen molar-refractivity contribution in [2.45, 2.75) is 6.92 Å². The van der Waals surface area contributed by atoms with Crippen LogP contribution < -0.4 is 14.9 Å². The SMILES string of the molecule is COc1cc(C=NNc2nc(C)cs2)ccc1OC(=O)c1cccs1. The Labute approximate surface area is 152 Å². The van der Waals surface area contributed by atoms with Crippen molar-refractivity contribution in [2.75, 3.05) is 12.5 Å². The van der Waals surface area contributed by atoms with E-state index in [-0.39, 0.29) is 0 Å². The second-order valence-electron chi connectivity index (χ2n) is 4.94. The predicted molar refractivity (Wildman–Crippen MR) is 100 cm³/mol. The van der Waals surface area contributed by atoms with Crippen LogP contribution in [-0.4, -0.2) is 24.3 Å². The van der Waals surface area contributed by atoms with Crippen LogP contribution in [0.2, 0.25) is 0 Å². The molecule has 25 heavy (non-hydrogen) atoms. The lowest BCUT2D eigenvalue weighted by Gasteiger charge is -2.09. The van der Waals surface area contributed by atoms with Crippen LogP contribution in [0.3, 0.4) is 0 Å². The highest BCUT2D eigenvalue weighted by Gasteiger charge is 2.13. The number of methoxy groups -OCH3 is 1. The molecule has 2 heterocycles. The minimum atomic E-state index is -0.407. The van der Waals surface area contributed by atoms with Crippen LogP contribution in [0.15, 0.2) is 46.2 Å². The molecule has 0 fully saturated rings. The number of aryl methyl sites for hydroxylation is 1. The maximum absolute atomic E-state index is 12.0. The van der Waals surface area contributed by atoms with Gasteiger partial charge in [-0.05, 0) is 42.1 Å². The van der Waals surface area contributed by atoms with Crippen LogP contribution in [-0.2, 0) is 0 Å². The maximum atomic E-state index is 12.0. The summed E-state index contributed by atoms with van der Waals surface area (Å²) in [5, 5.41) is 8.63. The van der Waals surface area contributed by atoms with E-state index in [9.17, 15) is 4.79 Å². The molecule has 0 aliphatic carbocycles. The number of aromatic nitrogens is 1. The number of hydrazone groups is 1. The number of thiazole rings is 1. The molecule has 1 aromatic carbocycles. The van der Waals surface area contributed by atoms with Gasteiger partial charge in [0.2, 0.25) is 5.13 Å². The van der Waals surface area contributed by atoms with E-state index < -0.39 is 5.97 Å². The number of benzene rings is 1. The molecule has 3 rings (SSSR count). The molecule has 0 spiro atoms. The van der Waals surface area contributed by atoms with Crippen LogP contribution in [0, 0.1) is 6.92 Å². The van der Waals surface area contributed by atoms with Crippen molar-refractivity contribution in [1.29, 1.82) is 0 Å². The summed E-state index contributed by atoms with van der Waals surface area (Å²) in [4.78, 5) is 16.8. The number of ether oxygens (including phenoxy) is 2. The van der Waals surface area contributed by atoms with Crippen molar-refractivity contribution < 1.29 is 14.3 Å². The molecular formula is C17H15N3O3S2. The van der Waals surface area contributed by atoms with Gasteiger partial charge in [0.1, 0.15) is 4.88 Å². The van der Waals surface area contributed by atoms with Crippen molar-refractivity contribution in [2.24, 2.45) is 5.10 Å². The van der Waals surface area contributed by atoms with Gasteiger partial charge in [-0.2, -0.15) is 5.10 Å². The Bertz CT molecular complexity index is 888. The number of hydrogen-bond donors (Lipinski definition) is 1. The van der Waals surface area contributed by atoms with Gasteiger partial charge in [-0.15, -0.1) is 22.7 Å². The fourth-order valence-corrected chi connectivity index (χ4v) is 3.20. The number of nitrogens with one attached hydrogen (secondary N) is 1. The molecule has 0 saturated heterocycles. The third-order valence-electron chi connectivity index (χ3n) is 3.11. The number of thiophene rings is 1. The van der Waals surface area contributed by atoms with E-state index in [0.29, 0.717) is 16.4 Å². The molecule has 3 aromatic rings. The Balaban J connectivity index is 1.69. The lowest BCUT2D eigenvalue weighted by Crippen LogP contribution is -2.07. The molecule has 0 radical (unpaired) electrons. The molecule has 128 valence electrons. The summed E-state index contributed by atoms with van der Waals surface area (Å²) in [6, 6.07) is 8.73. The Morgan fingerprint density at radius 1 is 1.28 bits per heavy atom. The lowest BCUT2D eigenvalue weighted by molar-refractivity contribution is 0.0735. The minimum absolute atomic E-state index is 0.363. The van der Waals surface area contributed by atoms with Gasteiger partial charge >= 0.3 is 5.97 Å². The number of nitrogens with zero attached hydrogens (tertiary/aromatic N) is 2. The van der Waals surface area contributed by atoms with E-state index in [2.05, 4.69) is 15.5 Å². The summed E-state index contributed by atoms with van der Waals surface area (Å²) in [6.45, 7) is 1.92. The topological polar surface area (TPSA) is 72.8 Å². The largest absolute Gasteiger partial charge is 0.493 e. The average Bonchev–Trinajstić information content (AvgIpc) is 3.28. The third-order valence-corrected chi connectivity index (χ3v) is 4.82. The normalized spacial score (nSPS) is 10.8. The number of esters is 1. The van der Waals surface area contributed by atoms with Gasteiger partial charge in [0, 0.05) is 5.38 Å². The van der Waals surface area contributed by atoms with Crippen LogP contribution in [0.25, 0.3) is 0 Å². The fraction of sp³-hybridized carbons (Fsp3) is 0.118. The molecule has 0 unspecified atom stereocenters. The average molecular weight is 373 g/mol. The number of carbonyl (C=O) groups is 1. The summed E-state index contributed by atoms with van der Waals surface area (Å²) in [5.41, 5.74) is 4.61. The van der Waals surface area contributed by atoms with Gasteiger partial charge in [-0.3, -0.25) is 5.43 Å². The Hall–Kier alpha value is -2.71. The van der Waals surface area contributed by atoms with E-state index in [1.54, 1.807) is 36.5 Å². The molecular weight excluding hydrogens is 358 g/mol. The predicted octanol–water partition coefficient (Wildman–Crippen LogP) is 4.19. The first kappa shape index (κ1) is 17.1. The molecule has 0 saturated carbocycles. The molecule has 0 amide bonds. The van der Waals surface area contributed by atoms with E-state index >= 15 is 0 Å². The second-order valence-corrected chi connectivity index (χ2v) is 6.75. The number of anilines is 1. The first-order valence-electron chi connectivity index (χ1n) is 7.30. The first-order chi connectivity index (χ1) is 12.2. The summed E-state index contributed by atoms with van der Waals surface area (Å²) in [6.07, 6.45) is 1.64. The van der Waals surface area contributed by atoms with Crippen molar-refractivity contribution in [3.05, 3.63) is 57.2 Å². The zero-order valence-electron chi connectivity index (χ0n) is 13.6. The lowest BCUT2D eigenvalue weighted by atomic mass is 10.2. The molecule has 2 aromatic heterocycles. The van der Waals surface area contributed by atoms with Gasteiger partial charge in [0.25, 0.3) is 0 Å². The second kappa shape index (κ2) is 7.91. The molecule has 1 N–H and O–H groups in total. The minimum Gasteiger partial charge on any atom is -0.493 e. The molecule has 6 nitrogen and oxygen atoms in total. The number of rotatable bonds is 6. The Morgan fingerprint density at radius 3 is 2.84 bits per heavy atom. The molecule has 0 atom stereocenters. The van der Waals surface area contributed by atoms with Gasteiger partial charge in [-0.25, -0.2) is 9.78 Å². The summed E-state index contributed by atoms with van der Waals surface area (Å²) in [7, 11) is 1.52. The van der Waals surface area contributed by atoms with Crippen molar-refractivity contribution >= 4 is 40.0 Å². The standard InChI is InChI=1S/C17H15N3O3S2/c1-11-10-25-17(19-11)20-18-9-12-5-6-13(14(8-12)22-2)23-16(21)15-4-3-7-24-15/h3-10H,1-2H3,(H,19,20). The highest BCUT2D eigenvalue weighted by Crippen LogP contribution is 2.29. The quantitative estimate of drug-likeness (QED) is 0.304. The van der Waals surface area contributed by atoms with Crippen LogP contribution in [0.5, 0.6) is 11.5 Å². The van der Waals surface area contributed by atoms with E-state index in [4.69, 9.17) is 9.47 Å². The summed E-state index contributed by atoms with van der Waals surface area (Å²) in [5.74, 6) is 0.413. The van der Waals surface area contributed by atoms with E-state index in [1.807, 2.05) is 17.7 Å². The van der Waals surface area contributed by atoms with Crippen LogP contribution >= 0.6 is 22.7 Å². The summed E-state index contributed by atoms with van der Waals surface area (Å²) >= 11 is 2.81. The van der Waals surface area contributed by atoms with Crippen LogP contribution in [0.1, 0.15) is 20.9 Å².